The summed E-state index contributed by atoms with van der Waals surface area (Å²) in [5.41, 5.74) is 1.88. The lowest BCUT2D eigenvalue weighted by Gasteiger charge is -2.06. The Hall–Kier alpha value is -3.13. The molecule has 0 fully saturated rings. The van der Waals surface area contributed by atoms with Gasteiger partial charge in [-0.25, -0.2) is 0 Å². The molecule has 0 spiro atoms. The van der Waals surface area contributed by atoms with Crippen LogP contribution in [-0.4, -0.2) is 36.8 Å². The summed E-state index contributed by atoms with van der Waals surface area (Å²) in [6.45, 7) is 3.77. The lowest BCUT2D eigenvalue weighted by Crippen LogP contribution is -2.24. The minimum atomic E-state index is -0.443. The van der Waals surface area contributed by atoms with Gasteiger partial charge in [0.1, 0.15) is 18.0 Å². The zero-order valence-electron chi connectivity index (χ0n) is 16.5. The van der Waals surface area contributed by atoms with E-state index in [4.69, 9.17) is 14.2 Å². The Morgan fingerprint density at radius 3 is 2.52 bits per heavy atom. The van der Waals surface area contributed by atoms with Gasteiger partial charge in [-0.05, 0) is 44.2 Å². The highest BCUT2D eigenvalue weighted by atomic mass is 32.1. The second kappa shape index (κ2) is 9.38. The van der Waals surface area contributed by atoms with E-state index in [1.807, 2.05) is 31.2 Å². The first-order valence-electron chi connectivity index (χ1n) is 9.10. The lowest BCUT2D eigenvalue weighted by atomic mass is 10.2. The molecule has 0 unspecified atom stereocenters. The molecule has 0 N–H and O–H groups in total. The van der Waals surface area contributed by atoms with Gasteiger partial charge in [0, 0.05) is 0 Å². The normalized spacial score (nSPS) is 11.5. The summed E-state index contributed by atoms with van der Waals surface area (Å²) >= 11 is 1.30. The molecule has 3 rings (SSSR count). The number of hydrogen-bond acceptors (Lipinski definition) is 6. The van der Waals surface area contributed by atoms with Gasteiger partial charge in [0.15, 0.2) is 11.4 Å². The second-order valence-corrected chi connectivity index (χ2v) is 7.23. The van der Waals surface area contributed by atoms with Crippen LogP contribution in [0.2, 0.25) is 0 Å². The quantitative estimate of drug-likeness (QED) is 0.555. The van der Waals surface area contributed by atoms with Crippen molar-refractivity contribution in [3.8, 4) is 11.5 Å². The monoisotopic (exact) mass is 414 g/mol. The van der Waals surface area contributed by atoms with E-state index in [1.54, 1.807) is 36.8 Å². The van der Waals surface area contributed by atoms with Gasteiger partial charge in [0.2, 0.25) is 0 Å². The summed E-state index contributed by atoms with van der Waals surface area (Å²) in [7, 11) is 1.58. The fourth-order valence-electron chi connectivity index (χ4n) is 2.67. The molecule has 0 saturated carbocycles. The van der Waals surface area contributed by atoms with Crippen molar-refractivity contribution in [3.05, 3.63) is 52.8 Å². The number of carbonyl (C=O) groups is 2. The maximum absolute atomic E-state index is 12.4. The SMILES string of the molecule is CCOC(=O)Cn1c(=NC(=O)COc2ccc(C)cc2)sc2cc(OC)ccc21. The van der Waals surface area contributed by atoms with Crippen molar-refractivity contribution in [2.75, 3.05) is 20.3 Å². The van der Waals surface area contributed by atoms with E-state index < -0.39 is 11.9 Å². The maximum Gasteiger partial charge on any atom is 0.326 e. The fourth-order valence-corrected chi connectivity index (χ4v) is 3.75. The van der Waals surface area contributed by atoms with Crippen LogP contribution in [0, 0.1) is 6.92 Å². The van der Waals surface area contributed by atoms with Crippen molar-refractivity contribution >= 4 is 33.4 Å². The molecular weight excluding hydrogens is 392 g/mol. The minimum Gasteiger partial charge on any atom is -0.497 e. The Kier molecular flexibility index (Phi) is 6.66. The Morgan fingerprint density at radius 2 is 1.83 bits per heavy atom. The number of amides is 1. The summed E-state index contributed by atoms with van der Waals surface area (Å²) in [4.78, 5) is 29.0. The molecule has 1 aromatic heterocycles. The minimum absolute atomic E-state index is 0.0366. The Bertz CT molecular complexity index is 1080. The summed E-state index contributed by atoms with van der Waals surface area (Å²) < 4.78 is 18.3. The molecule has 3 aromatic rings. The predicted molar refractivity (Wildman–Crippen MR) is 110 cm³/mol. The third-order valence-electron chi connectivity index (χ3n) is 4.09. The number of nitrogens with zero attached hydrogens (tertiary/aromatic N) is 2. The fraction of sp³-hybridized carbons (Fsp3) is 0.286. The van der Waals surface area contributed by atoms with Crippen LogP contribution in [0.4, 0.5) is 0 Å². The van der Waals surface area contributed by atoms with E-state index in [0.717, 1.165) is 15.8 Å². The van der Waals surface area contributed by atoms with Crippen LogP contribution < -0.4 is 14.3 Å². The van der Waals surface area contributed by atoms with Crippen molar-refractivity contribution in [1.82, 2.24) is 4.57 Å². The average molecular weight is 414 g/mol. The largest absolute Gasteiger partial charge is 0.497 e. The molecule has 152 valence electrons. The first-order chi connectivity index (χ1) is 14.0. The summed E-state index contributed by atoms with van der Waals surface area (Å²) in [5.74, 6) is 0.441. The number of aromatic nitrogens is 1. The van der Waals surface area contributed by atoms with Crippen molar-refractivity contribution in [1.29, 1.82) is 0 Å². The molecule has 2 aromatic carbocycles. The van der Waals surface area contributed by atoms with Gasteiger partial charge in [0.05, 0.1) is 23.9 Å². The van der Waals surface area contributed by atoms with Gasteiger partial charge in [-0.1, -0.05) is 29.0 Å². The van der Waals surface area contributed by atoms with Crippen molar-refractivity contribution in [2.24, 2.45) is 4.99 Å². The number of carbonyl (C=O) groups excluding carboxylic acids is 2. The van der Waals surface area contributed by atoms with Crippen LogP contribution >= 0.6 is 11.3 Å². The third-order valence-corrected chi connectivity index (χ3v) is 5.13. The number of methoxy groups -OCH3 is 1. The maximum atomic E-state index is 12.4. The van der Waals surface area contributed by atoms with Crippen LogP contribution in [0.15, 0.2) is 47.5 Å². The van der Waals surface area contributed by atoms with Crippen molar-refractivity contribution in [2.45, 2.75) is 20.4 Å². The highest BCUT2D eigenvalue weighted by Gasteiger charge is 2.13. The summed E-state index contributed by atoms with van der Waals surface area (Å²) in [6.07, 6.45) is 0. The first-order valence-corrected chi connectivity index (χ1v) is 9.92. The van der Waals surface area contributed by atoms with E-state index in [-0.39, 0.29) is 19.8 Å². The second-order valence-electron chi connectivity index (χ2n) is 6.22. The van der Waals surface area contributed by atoms with E-state index in [0.29, 0.717) is 16.3 Å². The van der Waals surface area contributed by atoms with Gasteiger partial charge in [-0.15, -0.1) is 0 Å². The number of esters is 1. The highest BCUT2D eigenvalue weighted by molar-refractivity contribution is 7.16. The van der Waals surface area contributed by atoms with Gasteiger partial charge >= 0.3 is 5.97 Å². The van der Waals surface area contributed by atoms with Crippen LogP contribution in [0.1, 0.15) is 12.5 Å². The zero-order valence-corrected chi connectivity index (χ0v) is 17.3. The molecule has 29 heavy (non-hydrogen) atoms. The van der Waals surface area contributed by atoms with Gasteiger partial charge in [-0.2, -0.15) is 4.99 Å². The summed E-state index contributed by atoms with van der Waals surface area (Å²) in [6, 6.07) is 12.9. The molecule has 0 atom stereocenters. The molecular formula is C21H22N2O5S. The van der Waals surface area contributed by atoms with Crippen LogP contribution in [-0.2, 0) is 20.9 Å². The Morgan fingerprint density at radius 1 is 1.10 bits per heavy atom. The standard InChI is InChI=1S/C21H22N2O5S/c1-4-27-20(25)12-23-17-10-9-16(26-3)11-18(17)29-21(23)22-19(24)13-28-15-7-5-14(2)6-8-15/h5-11H,4,12-13H2,1-3H3. The molecule has 0 aliphatic heterocycles. The molecule has 7 nitrogen and oxygen atoms in total. The topological polar surface area (TPSA) is 79.1 Å². The van der Waals surface area contributed by atoms with Gasteiger partial charge < -0.3 is 18.8 Å². The smallest absolute Gasteiger partial charge is 0.326 e. The van der Waals surface area contributed by atoms with Crippen LogP contribution in [0.25, 0.3) is 10.2 Å². The molecule has 1 heterocycles. The van der Waals surface area contributed by atoms with E-state index in [2.05, 4.69) is 4.99 Å². The first kappa shape index (κ1) is 20.6. The van der Waals surface area contributed by atoms with Gasteiger partial charge in [-0.3, -0.25) is 9.59 Å². The molecule has 0 saturated heterocycles. The average Bonchev–Trinajstić information content (AvgIpc) is 3.03. The number of rotatable bonds is 7. The molecule has 0 aliphatic rings. The van der Waals surface area contributed by atoms with E-state index in [1.165, 1.54) is 11.3 Å². The number of hydrogen-bond donors (Lipinski definition) is 0. The summed E-state index contributed by atoms with van der Waals surface area (Å²) in [5, 5.41) is 0. The van der Waals surface area contributed by atoms with E-state index >= 15 is 0 Å². The molecule has 1 amide bonds. The zero-order chi connectivity index (χ0) is 20.8. The molecule has 0 bridgehead atoms. The third kappa shape index (κ3) is 5.23. The Balaban J connectivity index is 1.89. The number of ether oxygens (including phenoxy) is 3. The number of fused-ring (bicyclic) bond motifs is 1. The van der Waals surface area contributed by atoms with Crippen molar-refractivity contribution < 1.29 is 23.8 Å². The number of aryl methyl sites for hydroxylation is 1. The van der Waals surface area contributed by atoms with Crippen molar-refractivity contribution in [3.63, 3.8) is 0 Å². The highest BCUT2D eigenvalue weighted by Crippen LogP contribution is 2.23. The van der Waals surface area contributed by atoms with Crippen LogP contribution in [0.5, 0.6) is 11.5 Å². The Labute approximate surface area is 172 Å². The molecule has 0 aliphatic carbocycles. The van der Waals surface area contributed by atoms with Crippen LogP contribution in [0.3, 0.4) is 0 Å². The number of benzene rings is 2. The molecule has 0 radical (unpaired) electrons. The molecule has 8 heteroatoms. The van der Waals surface area contributed by atoms with E-state index in [9.17, 15) is 9.59 Å². The van der Waals surface area contributed by atoms with Gasteiger partial charge in [0.25, 0.3) is 5.91 Å². The lowest BCUT2D eigenvalue weighted by molar-refractivity contribution is -0.143. The number of thiazole rings is 1. The predicted octanol–water partition coefficient (Wildman–Crippen LogP) is 3.09.